The van der Waals surface area contributed by atoms with Gasteiger partial charge < -0.3 is 10.5 Å². The predicted octanol–water partition coefficient (Wildman–Crippen LogP) is 0.529. The van der Waals surface area contributed by atoms with Gasteiger partial charge in [-0.2, -0.15) is 0 Å². The van der Waals surface area contributed by atoms with Gasteiger partial charge >= 0.3 is 0 Å². The van der Waals surface area contributed by atoms with Gasteiger partial charge in [0.1, 0.15) is 17.7 Å². The Balaban J connectivity index is 2.20. The summed E-state index contributed by atoms with van der Waals surface area (Å²) in [5, 5.41) is 2.88. The fourth-order valence-corrected chi connectivity index (χ4v) is 1.58. The molecule has 0 amide bonds. The minimum absolute atomic E-state index is 0.0231. The highest BCUT2D eigenvalue weighted by molar-refractivity contribution is 7.09. The van der Waals surface area contributed by atoms with Gasteiger partial charge in [0, 0.05) is 11.6 Å². The van der Waals surface area contributed by atoms with Crippen molar-refractivity contribution in [1.82, 2.24) is 4.98 Å². The Hall–Kier alpha value is -1.10. The Morgan fingerprint density at radius 2 is 2.64 bits per heavy atom. The molecule has 0 saturated carbocycles. The number of aliphatic imine (C=N–C) groups is 1. The monoisotopic (exact) mass is 169 g/mol. The van der Waals surface area contributed by atoms with Gasteiger partial charge in [0.15, 0.2) is 0 Å². The summed E-state index contributed by atoms with van der Waals surface area (Å²) in [5.41, 5.74) is 5.34. The maximum atomic E-state index is 5.34. The lowest BCUT2D eigenvalue weighted by molar-refractivity contribution is 0.315. The van der Waals surface area contributed by atoms with Crippen molar-refractivity contribution in [3.8, 4) is 0 Å². The van der Waals surface area contributed by atoms with Crippen LogP contribution in [0.25, 0.3) is 0 Å². The minimum Gasteiger partial charge on any atom is -0.463 e. The largest absolute Gasteiger partial charge is 0.463 e. The molecule has 58 valence electrons. The van der Waals surface area contributed by atoms with Gasteiger partial charge in [-0.1, -0.05) is 0 Å². The number of aromatic nitrogens is 1. The summed E-state index contributed by atoms with van der Waals surface area (Å²) < 4.78 is 4.98. The Morgan fingerprint density at radius 3 is 3.18 bits per heavy atom. The number of rotatable bonds is 1. The highest BCUT2D eigenvalue weighted by atomic mass is 32.1. The first-order valence-corrected chi connectivity index (χ1v) is 4.09. The Labute approximate surface area is 67.7 Å². The van der Waals surface area contributed by atoms with Crippen LogP contribution in [0.15, 0.2) is 16.6 Å². The van der Waals surface area contributed by atoms with Crippen LogP contribution in [0.2, 0.25) is 0 Å². The lowest BCUT2D eigenvalue weighted by Crippen LogP contribution is -2.10. The van der Waals surface area contributed by atoms with Crippen molar-refractivity contribution in [1.29, 1.82) is 0 Å². The summed E-state index contributed by atoms with van der Waals surface area (Å²) in [6.07, 6.45) is 1.75. The second kappa shape index (κ2) is 2.50. The number of hydrogen-bond donors (Lipinski definition) is 1. The Kier molecular flexibility index (Phi) is 1.50. The van der Waals surface area contributed by atoms with Crippen LogP contribution < -0.4 is 5.73 Å². The van der Waals surface area contributed by atoms with Crippen molar-refractivity contribution in [2.24, 2.45) is 10.7 Å². The first-order valence-electron chi connectivity index (χ1n) is 3.22. The van der Waals surface area contributed by atoms with E-state index in [0.29, 0.717) is 6.61 Å². The molecule has 2 heterocycles. The van der Waals surface area contributed by atoms with E-state index in [1.54, 1.807) is 17.5 Å². The van der Waals surface area contributed by atoms with E-state index in [1.165, 1.54) is 0 Å². The van der Waals surface area contributed by atoms with Gasteiger partial charge in [0.25, 0.3) is 6.02 Å². The zero-order chi connectivity index (χ0) is 7.68. The van der Waals surface area contributed by atoms with Crippen molar-refractivity contribution >= 4 is 17.4 Å². The molecule has 0 spiro atoms. The zero-order valence-electron chi connectivity index (χ0n) is 5.73. The summed E-state index contributed by atoms with van der Waals surface area (Å²) in [6, 6.07) is 0.292. The Bertz CT molecular complexity index is 269. The van der Waals surface area contributed by atoms with Crippen molar-refractivity contribution in [2.75, 3.05) is 6.61 Å². The molecule has 0 bridgehead atoms. The number of ether oxygens (including phenoxy) is 1. The Morgan fingerprint density at radius 1 is 1.73 bits per heavy atom. The third kappa shape index (κ3) is 1.19. The topological polar surface area (TPSA) is 60.5 Å². The van der Waals surface area contributed by atoms with E-state index in [-0.39, 0.29) is 12.1 Å². The van der Waals surface area contributed by atoms with Crippen LogP contribution in [0.3, 0.4) is 0 Å². The van der Waals surface area contributed by atoms with E-state index in [2.05, 4.69) is 9.98 Å². The van der Waals surface area contributed by atoms with Crippen LogP contribution >= 0.6 is 11.3 Å². The summed E-state index contributed by atoms with van der Waals surface area (Å²) in [5.74, 6) is 0. The molecule has 2 N–H and O–H groups in total. The summed E-state index contributed by atoms with van der Waals surface area (Å²) in [6.45, 7) is 0.527. The molecule has 0 fully saturated rings. The van der Waals surface area contributed by atoms with Crippen molar-refractivity contribution in [2.45, 2.75) is 6.04 Å². The van der Waals surface area contributed by atoms with Crippen molar-refractivity contribution in [3.05, 3.63) is 16.6 Å². The van der Waals surface area contributed by atoms with E-state index >= 15 is 0 Å². The molecule has 0 aromatic carbocycles. The first kappa shape index (κ1) is 6.60. The second-order valence-corrected chi connectivity index (χ2v) is 3.09. The number of hydrogen-bond acceptors (Lipinski definition) is 5. The third-order valence-corrected chi connectivity index (χ3v) is 2.29. The van der Waals surface area contributed by atoms with Gasteiger partial charge in [0.05, 0.1) is 0 Å². The molecule has 1 aromatic rings. The fourth-order valence-electron chi connectivity index (χ4n) is 0.918. The molecule has 0 saturated heterocycles. The second-order valence-electron chi connectivity index (χ2n) is 2.16. The minimum atomic E-state index is 0.0231. The molecule has 2 rings (SSSR count). The molecule has 0 radical (unpaired) electrons. The number of amidine groups is 1. The predicted molar refractivity (Wildman–Crippen MR) is 42.4 cm³/mol. The number of nitrogens with two attached hydrogens (primary N) is 1. The van der Waals surface area contributed by atoms with E-state index < -0.39 is 0 Å². The van der Waals surface area contributed by atoms with E-state index in [4.69, 9.17) is 10.5 Å². The van der Waals surface area contributed by atoms with Gasteiger partial charge in [-0.25, -0.2) is 9.98 Å². The maximum absolute atomic E-state index is 5.34. The first-order chi connectivity index (χ1) is 5.36. The quantitative estimate of drug-likeness (QED) is 0.667. The normalized spacial score (nSPS) is 22.9. The van der Waals surface area contributed by atoms with Crippen LogP contribution in [-0.2, 0) is 4.74 Å². The average molecular weight is 169 g/mol. The molecule has 0 aliphatic carbocycles. The summed E-state index contributed by atoms with van der Waals surface area (Å²) in [4.78, 5) is 8.16. The molecule has 1 aliphatic heterocycles. The van der Waals surface area contributed by atoms with Crippen molar-refractivity contribution in [3.63, 3.8) is 0 Å². The fraction of sp³-hybridized carbons (Fsp3) is 0.333. The standard InChI is InChI=1S/C6H7N3OS/c7-6-9-4(3-10-6)5-8-1-2-11-5/h1-2,4H,3H2,(H2,7,9). The van der Waals surface area contributed by atoms with Crippen LogP contribution in [0.1, 0.15) is 11.0 Å². The lowest BCUT2D eigenvalue weighted by Gasteiger charge is -1.96. The van der Waals surface area contributed by atoms with Crippen LogP contribution in [-0.4, -0.2) is 17.6 Å². The molecular weight excluding hydrogens is 162 g/mol. The van der Waals surface area contributed by atoms with Gasteiger partial charge in [0.2, 0.25) is 0 Å². The molecule has 11 heavy (non-hydrogen) atoms. The molecule has 1 unspecified atom stereocenters. The highest BCUT2D eigenvalue weighted by Crippen LogP contribution is 2.23. The van der Waals surface area contributed by atoms with Gasteiger partial charge in [-0.05, 0) is 0 Å². The van der Waals surface area contributed by atoms with Gasteiger partial charge in [-0.3, -0.25) is 0 Å². The average Bonchev–Trinajstić information content (AvgIpc) is 2.55. The molecule has 5 heteroatoms. The smallest absolute Gasteiger partial charge is 0.282 e. The maximum Gasteiger partial charge on any atom is 0.282 e. The van der Waals surface area contributed by atoms with Crippen LogP contribution in [0, 0.1) is 0 Å². The number of nitrogens with zero attached hydrogens (tertiary/aromatic N) is 2. The molecule has 1 aliphatic rings. The zero-order valence-corrected chi connectivity index (χ0v) is 6.54. The van der Waals surface area contributed by atoms with E-state index in [1.807, 2.05) is 5.38 Å². The van der Waals surface area contributed by atoms with Crippen LogP contribution in [0.5, 0.6) is 0 Å². The van der Waals surface area contributed by atoms with Gasteiger partial charge in [-0.15, -0.1) is 11.3 Å². The highest BCUT2D eigenvalue weighted by Gasteiger charge is 2.20. The summed E-state index contributed by atoms with van der Waals surface area (Å²) >= 11 is 1.57. The molecular formula is C6H7N3OS. The lowest BCUT2D eigenvalue weighted by atomic mass is 10.4. The van der Waals surface area contributed by atoms with Crippen molar-refractivity contribution < 1.29 is 4.74 Å². The molecule has 1 aromatic heterocycles. The SMILES string of the molecule is NC1=NC(c2nccs2)CO1. The molecule has 4 nitrogen and oxygen atoms in total. The van der Waals surface area contributed by atoms with Crippen LogP contribution in [0.4, 0.5) is 0 Å². The number of thiazole rings is 1. The van der Waals surface area contributed by atoms with E-state index in [0.717, 1.165) is 5.01 Å². The van der Waals surface area contributed by atoms with E-state index in [9.17, 15) is 0 Å². The summed E-state index contributed by atoms with van der Waals surface area (Å²) in [7, 11) is 0. The molecule has 1 atom stereocenters. The third-order valence-electron chi connectivity index (χ3n) is 1.41.